The van der Waals surface area contributed by atoms with Crippen LogP contribution in [-0.4, -0.2) is 64.2 Å². The fraction of sp³-hybridized carbons (Fsp3) is 0.478. The molecule has 2 aliphatic heterocycles. The highest BCUT2D eigenvalue weighted by atomic mass is 32.1. The van der Waals surface area contributed by atoms with Gasteiger partial charge in [-0.05, 0) is 51.1 Å². The second-order valence-electron chi connectivity index (χ2n) is 8.35. The molecule has 2 fully saturated rings. The normalized spacial score (nSPS) is 18.1. The molecule has 0 amide bonds. The molecule has 168 valence electrons. The zero-order valence-electron chi connectivity index (χ0n) is 18.4. The van der Waals surface area contributed by atoms with Crippen molar-refractivity contribution in [1.29, 1.82) is 0 Å². The molecule has 32 heavy (non-hydrogen) atoms. The van der Waals surface area contributed by atoms with Gasteiger partial charge in [-0.3, -0.25) is 4.90 Å². The Morgan fingerprint density at radius 1 is 1.06 bits per heavy atom. The van der Waals surface area contributed by atoms with Gasteiger partial charge in [-0.1, -0.05) is 6.07 Å². The third kappa shape index (κ3) is 5.23. The van der Waals surface area contributed by atoms with Gasteiger partial charge in [0.05, 0.1) is 18.9 Å². The first-order valence-corrected chi connectivity index (χ1v) is 12.1. The molecular weight excluding hydrogens is 422 g/mol. The minimum absolute atomic E-state index is 0.486. The lowest BCUT2D eigenvalue weighted by Crippen LogP contribution is -2.37. The number of piperidine rings is 1. The summed E-state index contributed by atoms with van der Waals surface area (Å²) >= 11 is 1.65. The molecule has 1 N–H and O–H groups in total. The van der Waals surface area contributed by atoms with E-state index in [0.717, 1.165) is 81.4 Å². The highest BCUT2D eigenvalue weighted by Gasteiger charge is 2.23. The average Bonchev–Trinajstić information content (AvgIpc) is 3.25. The van der Waals surface area contributed by atoms with Crippen molar-refractivity contribution in [2.75, 3.05) is 49.6 Å². The van der Waals surface area contributed by atoms with Gasteiger partial charge in [0.2, 0.25) is 5.95 Å². The Morgan fingerprint density at radius 3 is 2.69 bits per heavy atom. The number of anilines is 3. The van der Waals surface area contributed by atoms with Gasteiger partial charge < -0.3 is 15.0 Å². The SMILES string of the molecule is Cc1cnc(Nc2cccc(C3CCN(Cc4ccnc(N5CCOCC5)n4)CC3)n2)s1. The van der Waals surface area contributed by atoms with Crippen LogP contribution in [0.3, 0.4) is 0 Å². The van der Waals surface area contributed by atoms with Crippen molar-refractivity contribution in [1.82, 2.24) is 24.8 Å². The maximum Gasteiger partial charge on any atom is 0.225 e. The van der Waals surface area contributed by atoms with Gasteiger partial charge in [0.25, 0.3) is 0 Å². The van der Waals surface area contributed by atoms with E-state index in [1.807, 2.05) is 24.5 Å². The number of nitrogens with zero attached hydrogens (tertiary/aromatic N) is 6. The molecule has 2 aliphatic rings. The second-order valence-corrected chi connectivity index (χ2v) is 9.58. The van der Waals surface area contributed by atoms with E-state index in [4.69, 9.17) is 14.7 Å². The van der Waals surface area contributed by atoms with E-state index in [1.165, 1.54) is 10.6 Å². The molecule has 0 aliphatic carbocycles. The zero-order valence-corrected chi connectivity index (χ0v) is 19.2. The summed E-state index contributed by atoms with van der Waals surface area (Å²) < 4.78 is 5.44. The summed E-state index contributed by atoms with van der Waals surface area (Å²) in [5.74, 6) is 2.18. The Kier molecular flexibility index (Phi) is 6.56. The van der Waals surface area contributed by atoms with Crippen LogP contribution in [0.5, 0.6) is 0 Å². The lowest BCUT2D eigenvalue weighted by atomic mass is 9.93. The molecular formula is C23H29N7OS. The molecule has 3 aromatic heterocycles. The molecule has 0 atom stereocenters. The molecule has 0 radical (unpaired) electrons. The van der Waals surface area contributed by atoms with E-state index in [-0.39, 0.29) is 0 Å². The Hall–Kier alpha value is -2.62. The van der Waals surface area contributed by atoms with E-state index in [1.54, 1.807) is 11.3 Å². The molecule has 8 nitrogen and oxygen atoms in total. The number of aromatic nitrogens is 4. The van der Waals surface area contributed by atoms with Crippen LogP contribution < -0.4 is 10.2 Å². The number of pyridine rings is 1. The van der Waals surface area contributed by atoms with Crippen molar-refractivity contribution in [3.63, 3.8) is 0 Å². The highest BCUT2D eigenvalue weighted by molar-refractivity contribution is 7.15. The topological polar surface area (TPSA) is 79.3 Å². The summed E-state index contributed by atoms with van der Waals surface area (Å²) in [6.07, 6.45) is 5.98. The number of thiazole rings is 1. The van der Waals surface area contributed by atoms with Crippen molar-refractivity contribution in [3.8, 4) is 0 Å². The quantitative estimate of drug-likeness (QED) is 0.609. The number of likely N-dealkylation sites (tertiary alicyclic amines) is 1. The maximum absolute atomic E-state index is 5.44. The summed E-state index contributed by atoms with van der Waals surface area (Å²) in [6, 6.07) is 8.28. The monoisotopic (exact) mass is 451 g/mol. The molecule has 5 rings (SSSR count). The third-order valence-electron chi connectivity index (χ3n) is 6.01. The predicted octanol–water partition coefficient (Wildman–Crippen LogP) is 3.60. The molecule has 0 spiro atoms. The van der Waals surface area contributed by atoms with E-state index < -0.39 is 0 Å². The summed E-state index contributed by atoms with van der Waals surface area (Å²) in [5, 5.41) is 4.23. The molecule has 0 bridgehead atoms. The van der Waals surface area contributed by atoms with Crippen LogP contribution in [0.1, 0.15) is 35.0 Å². The largest absolute Gasteiger partial charge is 0.378 e. The molecule has 9 heteroatoms. The number of hydrogen-bond acceptors (Lipinski definition) is 9. The number of nitrogens with one attached hydrogen (secondary N) is 1. The minimum Gasteiger partial charge on any atom is -0.378 e. The first-order chi connectivity index (χ1) is 15.7. The van der Waals surface area contributed by atoms with Crippen LogP contribution in [0.25, 0.3) is 0 Å². The molecule has 5 heterocycles. The maximum atomic E-state index is 5.44. The average molecular weight is 452 g/mol. The number of morpholine rings is 1. The fourth-order valence-corrected chi connectivity index (χ4v) is 4.95. The van der Waals surface area contributed by atoms with Crippen molar-refractivity contribution in [2.45, 2.75) is 32.2 Å². The summed E-state index contributed by atoms with van der Waals surface area (Å²) in [7, 11) is 0. The van der Waals surface area contributed by atoms with Crippen LogP contribution in [0.2, 0.25) is 0 Å². The zero-order chi connectivity index (χ0) is 21.8. The van der Waals surface area contributed by atoms with E-state index in [9.17, 15) is 0 Å². The van der Waals surface area contributed by atoms with Crippen molar-refractivity contribution in [2.24, 2.45) is 0 Å². The Morgan fingerprint density at radius 2 is 1.91 bits per heavy atom. The minimum atomic E-state index is 0.486. The van der Waals surface area contributed by atoms with E-state index in [0.29, 0.717) is 5.92 Å². The third-order valence-corrected chi connectivity index (χ3v) is 6.84. The smallest absolute Gasteiger partial charge is 0.225 e. The lowest BCUT2D eigenvalue weighted by Gasteiger charge is -2.32. The Bertz CT molecular complexity index is 1030. The van der Waals surface area contributed by atoms with Gasteiger partial charge in [0, 0.05) is 48.5 Å². The Balaban J connectivity index is 1.16. The summed E-state index contributed by atoms with van der Waals surface area (Å²) in [5.41, 5.74) is 2.25. The van der Waals surface area contributed by atoms with Gasteiger partial charge >= 0.3 is 0 Å². The summed E-state index contributed by atoms with van der Waals surface area (Å²) in [6.45, 7) is 8.23. The van der Waals surface area contributed by atoms with E-state index >= 15 is 0 Å². The predicted molar refractivity (Wildman–Crippen MR) is 127 cm³/mol. The molecule has 0 aromatic carbocycles. The van der Waals surface area contributed by atoms with Crippen LogP contribution >= 0.6 is 11.3 Å². The standard InChI is InChI=1S/C23H29N7OS/c1-17-15-25-23(32-17)28-21-4-2-3-20(27-21)18-6-9-29(10-7-18)16-19-5-8-24-22(26-19)30-11-13-31-14-12-30/h2-5,8,15,18H,6-7,9-14,16H2,1H3,(H,25,27,28). The molecule has 0 unspecified atom stereocenters. The Labute approximate surface area is 192 Å². The number of aryl methyl sites for hydroxylation is 1. The molecule has 3 aromatic rings. The first-order valence-electron chi connectivity index (χ1n) is 11.3. The van der Waals surface area contributed by atoms with Gasteiger partial charge in [-0.15, -0.1) is 11.3 Å². The fourth-order valence-electron chi connectivity index (χ4n) is 4.27. The van der Waals surface area contributed by atoms with Crippen LogP contribution in [0.15, 0.2) is 36.7 Å². The van der Waals surface area contributed by atoms with Gasteiger partial charge in [0.15, 0.2) is 5.13 Å². The number of ether oxygens (including phenoxy) is 1. The van der Waals surface area contributed by atoms with Crippen molar-refractivity contribution < 1.29 is 4.74 Å². The van der Waals surface area contributed by atoms with Crippen molar-refractivity contribution in [3.05, 3.63) is 52.9 Å². The van der Waals surface area contributed by atoms with E-state index in [2.05, 4.69) is 44.1 Å². The summed E-state index contributed by atoms with van der Waals surface area (Å²) in [4.78, 5) is 24.4. The van der Waals surface area contributed by atoms with Crippen LogP contribution in [0.4, 0.5) is 16.9 Å². The van der Waals surface area contributed by atoms with Gasteiger partial charge in [0.1, 0.15) is 5.82 Å². The van der Waals surface area contributed by atoms with Gasteiger partial charge in [-0.25, -0.2) is 19.9 Å². The van der Waals surface area contributed by atoms with Crippen molar-refractivity contribution >= 4 is 28.2 Å². The molecule has 2 saturated heterocycles. The second kappa shape index (κ2) is 9.89. The van der Waals surface area contributed by atoms with Crippen LogP contribution in [-0.2, 0) is 11.3 Å². The number of hydrogen-bond donors (Lipinski definition) is 1. The molecule has 0 saturated carbocycles. The van der Waals surface area contributed by atoms with Crippen LogP contribution in [0, 0.1) is 6.92 Å². The number of rotatable bonds is 6. The van der Waals surface area contributed by atoms with Gasteiger partial charge in [-0.2, -0.15) is 0 Å². The highest BCUT2D eigenvalue weighted by Crippen LogP contribution is 2.29. The lowest BCUT2D eigenvalue weighted by molar-refractivity contribution is 0.122. The first kappa shape index (κ1) is 21.2.